The van der Waals surface area contributed by atoms with Crippen molar-refractivity contribution in [3.63, 3.8) is 0 Å². The number of carbonyl (C=O) groups excluding carboxylic acids is 2. The van der Waals surface area contributed by atoms with Crippen LogP contribution in [0.5, 0.6) is 5.75 Å². The van der Waals surface area contributed by atoms with E-state index in [-0.39, 0.29) is 12.5 Å². The van der Waals surface area contributed by atoms with Crippen LogP contribution in [0.1, 0.15) is 32.4 Å². The maximum absolute atomic E-state index is 11.8. The summed E-state index contributed by atoms with van der Waals surface area (Å²) in [5.74, 6) is -1.14. The zero-order valence-electron chi connectivity index (χ0n) is 15.9. The lowest BCUT2D eigenvalue weighted by atomic mass is 10.1. The molecule has 0 fully saturated rings. The smallest absolute Gasteiger partial charge is 0.408 e. The Labute approximate surface area is 158 Å². The molecule has 0 aliphatic heterocycles. The topological polar surface area (TPSA) is 123 Å². The number of aliphatic carboxylic acids is 1. The van der Waals surface area contributed by atoms with Crippen molar-refractivity contribution in [2.45, 2.75) is 32.4 Å². The van der Waals surface area contributed by atoms with Gasteiger partial charge in [0.2, 0.25) is 0 Å². The van der Waals surface area contributed by atoms with Gasteiger partial charge in [0.25, 0.3) is 5.91 Å². The molecule has 1 aromatic rings. The van der Waals surface area contributed by atoms with Gasteiger partial charge >= 0.3 is 12.1 Å². The van der Waals surface area contributed by atoms with Crippen LogP contribution in [-0.4, -0.2) is 55.5 Å². The third-order valence-corrected chi connectivity index (χ3v) is 3.12. The highest BCUT2D eigenvalue weighted by molar-refractivity contribution is 5.81. The van der Waals surface area contributed by atoms with Crippen molar-refractivity contribution in [3.8, 4) is 5.75 Å². The summed E-state index contributed by atoms with van der Waals surface area (Å²) in [7, 11) is 1.53. The second-order valence-corrected chi connectivity index (χ2v) is 6.62. The molecule has 1 aromatic carbocycles. The second kappa shape index (κ2) is 10.4. The molecular formula is C18H26N2O7. The van der Waals surface area contributed by atoms with E-state index in [4.69, 9.17) is 14.2 Å². The van der Waals surface area contributed by atoms with Crippen LogP contribution in [0, 0.1) is 0 Å². The van der Waals surface area contributed by atoms with E-state index in [2.05, 4.69) is 10.6 Å². The first-order valence-electron chi connectivity index (χ1n) is 8.33. The maximum atomic E-state index is 11.8. The van der Waals surface area contributed by atoms with Crippen LogP contribution in [0.15, 0.2) is 24.3 Å². The van der Waals surface area contributed by atoms with Crippen LogP contribution >= 0.6 is 0 Å². The molecule has 0 heterocycles. The fourth-order valence-electron chi connectivity index (χ4n) is 1.96. The predicted octanol–water partition coefficient (Wildman–Crippen LogP) is 1.48. The van der Waals surface area contributed by atoms with Gasteiger partial charge in [-0.15, -0.1) is 0 Å². The van der Waals surface area contributed by atoms with E-state index in [1.807, 2.05) is 0 Å². The Morgan fingerprint density at radius 1 is 1.15 bits per heavy atom. The molecule has 9 heteroatoms. The summed E-state index contributed by atoms with van der Waals surface area (Å²) in [5, 5.41) is 14.3. The molecule has 0 aromatic heterocycles. The van der Waals surface area contributed by atoms with Gasteiger partial charge in [-0.2, -0.15) is 0 Å². The van der Waals surface area contributed by atoms with E-state index >= 15 is 0 Å². The monoisotopic (exact) mass is 382 g/mol. The normalized spacial score (nSPS) is 12.0. The number of ether oxygens (including phenoxy) is 3. The fourth-order valence-corrected chi connectivity index (χ4v) is 1.96. The molecule has 0 radical (unpaired) electrons. The molecular weight excluding hydrogens is 356 g/mol. The Hall–Kier alpha value is -2.81. The third kappa shape index (κ3) is 8.91. The fraction of sp³-hybridized carbons (Fsp3) is 0.500. The Kier molecular flexibility index (Phi) is 8.53. The molecule has 27 heavy (non-hydrogen) atoms. The van der Waals surface area contributed by atoms with Gasteiger partial charge in [0.1, 0.15) is 11.4 Å². The maximum Gasteiger partial charge on any atom is 0.408 e. The first-order valence-corrected chi connectivity index (χ1v) is 8.33. The molecule has 3 N–H and O–H groups in total. The summed E-state index contributed by atoms with van der Waals surface area (Å²) >= 11 is 0. The average Bonchev–Trinajstić information content (AvgIpc) is 2.57. The molecule has 0 aliphatic carbocycles. The molecule has 1 rings (SSSR count). The van der Waals surface area contributed by atoms with Gasteiger partial charge in [0.15, 0.2) is 12.6 Å². The van der Waals surface area contributed by atoms with Crippen LogP contribution in [0.3, 0.4) is 0 Å². The van der Waals surface area contributed by atoms with Crippen LogP contribution in [0.25, 0.3) is 0 Å². The summed E-state index contributed by atoms with van der Waals surface area (Å²) in [5.41, 5.74) is -0.403. The van der Waals surface area contributed by atoms with E-state index < -0.39 is 23.7 Å². The van der Waals surface area contributed by atoms with Gasteiger partial charge in [-0.25, -0.2) is 9.59 Å². The standard InChI is InChI=1S/C18H26N2O7/c1-18(2,3)27-17(24)20-15(16(22)23)12-5-7-13(8-6-12)26-11-14(21)19-9-10-25-4/h5-8,15H,9-11H2,1-4H3,(H,19,21)(H,20,24)(H,22,23)/t15-/m1/s1. The minimum atomic E-state index is -1.27. The van der Waals surface area contributed by atoms with Crippen molar-refractivity contribution in [1.82, 2.24) is 10.6 Å². The Bertz CT molecular complexity index is 638. The average molecular weight is 382 g/mol. The van der Waals surface area contributed by atoms with Crippen molar-refractivity contribution in [2.24, 2.45) is 0 Å². The number of hydrogen-bond donors (Lipinski definition) is 3. The molecule has 0 aliphatic rings. The van der Waals surface area contributed by atoms with Gasteiger partial charge in [0.05, 0.1) is 6.61 Å². The van der Waals surface area contributed by atoms with E-state index in [0.29, 0.717) is 24.5 Å². The molecule has 2 amide bonds. The molecule has 0 saturated carbocycles. The van der Waals surface area contributed by atoms with Crippen LogP contribution < -0.4 is 15.4 Å². The first kappa shape index (κ1) is 22.2. The quantitative estimate of drug-likeness (QED) is 0.553. The molecule has 9 nitrogen and oxygen atoms in total. The van der Waals surface area contributed by atoms with Crippen molar-refractivity contribution in [2.75, 3.05) is 26.9 Å². The number of carboxylic acid groups (broad SMARTS) is 1. The van der Waals surface area contributed by atoms with Crippen molar-refractivity contribution < 1.29 is 33.7 Å². The number of hydrogen-bond acceptors (Lipinski definition) is 6. The lowest BCUT2D eigenvalue weighted by Crippen LogP contribution is -2.38. The molecule has 150 valence electrons. The molecule has 0 bridgehead atoms. The summed E-state index contributed by atoms with van der Waals surface area (Å²) in [6.45, 7) is 5.65. The summed E-state index contributed by atoms with van der Waals surface area (Å²) in [6, 6.07) is 4.75. The number of carboxylic acids is 1. The predicted molar refractivity (Wildman–Crippen MR) is 96.6 cm³/mol. The Morgan fingerprint density at radius 3 is 2.30 bits per heavy atom. The number of carbonyl (C=O) groups is 3. The highest BCUT2D eigenvalue weighted by Crippen LogP contribution is 2.19. The van der Waals surface area contributed by atoms with Crippen molar-refractivity contribution in [3.05, 3.63) is 29.8 Å². The van der Waals surface area contributed by atoms with E-state index in [9.17, 15) is 19.5 Å². The Balaban J connectivity index is 2.64. The van der Waals surface area contributed by atoms with Gasteiger partial charge in [-0.05, 0) is 38.5 Å². The molecule has 0 unspecified atom stereocenters. The third-order valence-electron chi connectivity index (χ3n) is 3.12. The molecule has 0 saturated heterocycles. The van der Waals surface area contributed by atoms with Gasteiger partial charge in [-0.3, -0.25) is 4.79 Å². The van der Waals surface area contributed by atoms with Crippen LogP contribution in [0.2, 0.25) is 0 Å². The SMILES string of the molecule is COCCNC(=O)COc1ccc([C@@H](NC(=O)OC(C)(C)C)C(=O)O)cc1. The number of nitrogens with one attached hydrogen (secondary N) is 2. The summed E-state index contributed by atoms with van der Waals surface area (Å²) in [4.78, 5) is 34.8. The minimum absolute atomic E-state index is 0.179. The molecule has 0 spiro atoms. The van der Waals surface area contributed by atoms with E-state index in [1.165, 1.54) is 31.4 Å². The number of alkyl carbamates (subject to hydrolysis) is 1. The van der Waals surface area contributed by atoms with E-state index in [0.717, 1.165) is 0 Å². The van der Waals surface area contributed by atoms with Gasteiger partial charge in [0, 0.05) is 13.7 Å². The zero-order valence-corrected chi connectivity index (χ0v) is 15.9. The lowest BCUT2D eigenvalue weighted by molar-refractivity contribution is -0.139. The largest absolute Gasteiger partial charge is 0.484 e. The lowest BCUT2D eigenvalue weighted by Gasteiger charge is -2.22. The second-order valence-electron chi connectivity index (χ2n) is 6.62. The number of amides is 2. The van der Waals surface area contributed by atoms with Crippen molar-refractivity contribution in [1.29, 1.82) is 0 Å². The summed E-state index contributed by atoms with van der Waals surface area (Å²) in [6.07, 6.45) is -0.831. The highest BCUT2D eigenvalue weighted by Gasteiger charge is 2.25. The number of rotatable bonds is 9. The number of benzene rings is 1. The zero-order chi connectivity index (χ0) is 20.4. The first-order chi connectivity index (χ1) is 12.6. The van der Waals surface area contributed by atoms with Crippen molar-refractivity contribution >= 4 is 18.0 Å². The van der Waals surface area contributed by atoms with E-state index in [1.54, 1.807) is 20.8 Å². The minimum Gasteiger partial charge on any atom is -0.484 e. The highest BCUT2D eigenvalue weighted by atomic mass is 16.6. The van der Waals surface area contributed by atoms with Gasteiger partial charge < -0.3 is 30.0 Å². The molecule has 1 atom stereocenters. The van der Waals surface area contributed by atoms with Crippen LogP contribution in [0.4, 0.5) is 4.79 Å². The number of methoxy groups -OCH3 is 1. The summed E-state index contributed by atoms with van der Waals surface area (Å²) < 4.78 is 15.2. The Morgan fingerprint density at radius 2 is 1.78 bits per heavy atom. The van der Waals surface area contributed by atoms with Crippen LogP contribution in [-0.2, 0) is 19.1 Å². The van der Waals surface area contributed by atoms with Gasteiger partial charge in [-0.1, -0.05) is 12.1 Å².